The predicted molar refractivity (Wildman–Crippen MR) is 120 cm³/mol. The molecule has 6 heteroatoms. The van der Waals surface area contributed by atoms with Crippen molar-refractivity contribution in [3.63, 3.8) is 0 Å². The van der Waals surface area contributed by atoms with Gasteiger partial charge in [-0.1, -0.05) is 54.8 Å². The molecule has 1 aromatic carbocycles. The van der Waals surface area contributed by atoms with Crippen LogP contribution in [0.3, 0.4) is 0 Å². The van der Waals surface area contributed by atoms with Gasteiger partial charge in [0, 0.05) is 28.6 Å². The van der Waals surface area contributed by atoms with Gasteiger partial charge in [0.15, 0.2) is 11.2 Å². The second-order valence-electron chi connectivity index (χ2n) is 7.86. The van der Waals surface area contributed by atoms with Gasteiger partial charge in [0.2, 0.25) is 5.43 Å². The molecule has 0 radical (unpaired) electrons. The van der Waals surface area contributed by atoms with Crippen LogP contribution < -0.4 is 5.43 Å². The summed E-state index contributed by atoms with van der Waals surface area (Å²) in [5, 5.41) is 0.388. The number of H-pyrrole nitrogens is 1. The number of aromatic amines is 1. The zero-order valence-corrected chi connectivity index (χ0v) is 17.4. The fourth-order valence-corrected chi connectivity index (χ4v) is 4.60. The van der Waals surface area contributed by atoms with E-state index in [-0.39, 0.29) is 5.43 Å². The van der Waals surface area contributed by atoms with E-state index < -0.39 is 0 Å². The van der Waals surface area contributed by atoms with Gasteiger partial charge >= 0.3 is 0 Å². The minimum Gasteiger partial charge on any atom is -0.344 e. The minimum atomic E-state index is -0.0270. The molecule has 3 aromatic heterocycles. The first-order valence-corrected chi connectivity index (χ1v) is 10.6. The average molecular weight is 417 g/mol. The summed E-state index contributed by atoms with van der Waals surface area (Å²) >= 11 is 6.23. The van der Waals surface area contributed by atoms with Gasteiger partial charge in [-0.15, -0.1) is 0 Å². The first kappa shape index (κ1) is 18.9. The van der Waals surface area contributed by atoms with Crippen molar-refractivity contribution in [1.29, 1.82) is 0 Å². The number of pyridine rings is 2. The molecule has 0 aliphatic heterocycles. The first-order chi connectivity index (χ1) is 14.6. The van der Waals surface area contributed by atoms with E-state index in [1.165, 1.54) is 12.8 Å². The zero-order chi connectivity index (χ0) is 20.7. The number of aromatic nitrogens is 4. The van der Waals surface area contributed by atoms with Gasteiger partial charge in [0.05, 0.1) is 11.4 Å². The fourth-order valence-electron chi connectivity index (χ4n) is 4.35. The number of hydrogen-bond donors (Lipinski definition) is 1. The van der Waals surface area contributed by atoms with Crippen molar-refractivity contribution >= 4 is 22.8 Å². The molecule has 0 spiro atoms. The minimum absolute atomic E-state index is 0.0270. The molecule has 30 heavy (non-hydrogen) atoms. The first-order valence-electron chi connectivity index (χ1n) is 10.2. The predicted octanol–water partition coefficient (Wildman–Crippen LogP) is 5.67. The van der Waals surface area contributed by atoms with E-state index in [1.807, 2.05) is 49.5 Å². The van der Waals surface area contributed by atoms with Crippen LogP contribution in [0.15, 0.2) is 53.5 Å². The normalized spacial score (nSPS) is 14.5. The zero-order valence-electron chi connectivity index (χ0n) is 16.7. The molecule has 4 aromatic rings. The number of rotatable bonds is 3. The lowest BCUT2D eigenvalue weighted by atomic mass is 9.98. The summed E-state index contributed by atoms with van der Waals surface area (Å²) in [6.45, 7) is 1.89. The molecule has 0 bridgehead atoms. The topological polar surface area (TPSA) is 71.5 Å². The Balaban J connectivity index is 1.79. The van der Waals surface area contributed by atoms with Crippen LogP contribution in [0.4, 0.5) is 0 Å². The lowest BCUT2D eigenvalue weighted by Crippen LogP contribution is -2.15. The lowest BCUT2D eigenvalue weighted by Gasteiger charge is -2.13. The van der Waals surface area contributed by atoms with Crippen LogP contribution in [0.25, 0.3) is 33.7 Å². The third kappa shape index (κ3) is 3.39. The Hall–Kier alpha value is -3.05. The smallest absolute Gasteiger partial charge is 0.212 e. The maximum absolute atomic E-state index is 13.3. The number of nitrogens with one attached hydrogen (secondary N) is 1. The molecule has 1 aliphatic carbocycles. The highest BCUT2D eigenvalue weighted by Crippen LogP contribution is 2.34. The van der Waals surface area contributed by atoms with E-state index in [2.05, 4.69) is 9.97 Å². The Morgan fingerprint density at radius 2 is 1.70 bits per heavy atom. The van der Waals surface area contributed by atoms with Gasteiger partial charge in [-0.2, -0.15) is 0 Å². The highest BCUT2D eigenvalue weighted by Gasteiger charge is 2.23. The van der Waals surface area contributed by atoms with E-state index >= 15 is 0 Å². The van der Waals surface area contributed by atoms with Crippen LogP contribution in [0.5, 0.6) is 0 Å². The molecule has 150 valence electrons. The Bertz CT molecular complexity index is 1270. The van der Waals surface area contributed by atoms with Gasteiger partial charge < -0.3 is 4.98 Å². The molecule has 0 unspecified atom stereocenters. The molecule has 0 atom stereocenters. The Kier molecular flexibility index (Phi) is 4.83. The maximum Gasteiger partial charge on any atom is 0.212 e. The van der Waals surface area contributed by atoms with E-state index in [1.54, 1.807) is 6.07 Å². The van der Waals surface area contributed by atoms with Crippen LogP contribution in [0.2, 0.25) is 5.15 Å². The Morgan fingerprint density at radius 3 is 2.43 bits per heavy atom. The summed E-state index contributed by atoms with van der Waals surface area (Å²) in [5.41, 5.74) is 5.51. The van der Waals surface area contributed by atoms with Crippen molar-refractivity contribution in [2.45, 2.75) is 38.5 Å². The molecular formula is C24H21ClN4O. The summed E-state index contributed by atoms with van der Waals surface area (Å²) in [6, 6.07) is 13.5. The quantitative estimate of drug-likeness (QED) is 0.437. The van der Waals surface area contributed by atoms with Crippen molar-refractivity contribution in [3.05, 3.63) is 75.3 Å². The van der Waals surface area contributed by atoms with Crippen LogP contribution in [0.1, 0.15) is 42.9 Å². The van der Waals surface area contributed by atoms with Crippen molar-refractivity contribution < 1.29 is 0 Å². The average Bonchev–Trinajstić information content (AvgIpc) is 3.28. The third-order valence-corrected chi connectivity index (χ3v) is 5.97. The van der Waals surface area contributed by atoms with E-state index in [0.29, 0.717) is 33.6 Å². The molecule has 3 heterocycles. The molecule has 5 rings (SSSR count). The van der Waals surface area contributed by atoms with Gasteiger partial charge in [0.25, 0.3) is 0 Å². The number of hydrogen-bond acceptors (Lipinski definition) is 4. The molecule has 0 saturated heterocycles. The Morgan fingerprint density at radius 1 is 0.967 bits per heavy atom. The molecule has 0 amide bonds. The summed E-state index contributed by atoms with van der Waals surface area (Å²) < 4.78 is 0. The molecule has 1 aliphatic rings. The standard InChI is InChI=1S/C24H21ClN4O/c1-14-11-17(12-19(25)27-14)21-20(16-9-3-2-4-10-16)29-24-22(28-21)23(30)18(13-26-24)15-7-5-6-8-15/h2-4,9-13,15H,5-8H2,1H3,(H,26,29,30). The molecule has 5 nitrogen and oxygen atoms in total. The second-order valence-corrected chi connectivity index (χ2v) is 8.25. The fraction of sp³-hybridized carbons (Fsp3) is 0.250. The van der Waals surface area contributed by atoms with Crippen molar-refractivity contribution in [3.8, 4) is 22.5 Å². The van der Waals surface area contributed by atoms with Gasteiger partial charge in [-0.3, -0.25) is 4.79 Å². The molecular weight excluding hydrogens is 396 g/mol. The SMILES string of the molecule is Cc1cc(-c2nc3c(=O)c(C4CCCC4)c[nH]c3nc2-c2ccccc2)cc(Cl)n1. The number of fused-ring (bicyclic) bond motifs is 1. The van der Waals surface area contributed by atoms with E-state index in [0.717, 1.165) is 35.2 Å². The third-order valence-electron chi connectivity index (χ3n) is 5.78. The molecule has 1 saturated carbocycles. The summed E-state index contributed by atoms with van der Waals surface area (Å²) in [6.07, 6.45) is 6.27. The van der Waals surface area contributed by atoms with Crippen LogP contribution >= 0.6 is 11.6 Å². The Labute approximate surface area is 179 Å². The number of halogens is 1. The van der Waals surface area contributed by atoms with Gasteiger partial charge in [-0.05, 0) is 37.8 Å². The van der Waals surface area contributed by atoms with Crippen LogP contribution in [-0.2, 0) is 0 Å². The number of aryl methyl sites for hydroxylation is 1. The van der Waals surface area contributed by atoms with Crippen LogP contribution in [0, 0.1) is 6.92 Å². The van der Waals surface area contributed by atoms with E-state index in [9.17, 15) is 4.79 Å². The second kappa shape index (κ2) is 7.65. The highest BCUT2D eigenvalue weighted by molar-refractivity contribution is 6.29. The largest absolute Gasteiger partial charge is 0.344 e. The molecule has 1 fully saturated rings. The van der Waals surface area contributed by atoms with Crippen molar-refractivity contribution in [1.82, 2.24) is 19.9 Å². The monoisotopic (exact) mass is 416 g/mol. The molecule has 1 N–H and O–H groups in total. The number of benzene rings is 1. The highest BCUT2D eigenvalue weighted by atomic mass is 35.5. The summed E-state index contributed by atoms with van der Waals surface area (Å²) in [7, 11) is 0. The number of nitrogens with zero attached hydrogens (tertiary/aromatic N) is 3. The van der Waals surface area contributed by atoms with Crippen LogP contribution in [-0.4, -0.2) is 19.9 Å². The summed E-state index contributed by atoms with van der Waals surface area (Å²) in [4.78, 5) is 30.5. The van der Waals surface area contributed by atoms with Gasteiger partial charge in [0.1, 0.15) is 5.15 Å². The van der Waals surface area contributed by atoms with E-state index in [4.69, 9.17) is 21.6 Å². The lowest BCUT2D eigenvalue weighted by molar-refractivity contribution is 0.715. The maximum atomic E-state index is 13.3. The van der Waals surface area contributed by atoms with Crippen molar-refractivity contribution in [2.75, 3.05) is 0 Å². The van der Waals surface area contributed by atoms with Crippen molar-refractivity contribution in [2.24, 2.45) is 0 Å². The summed E-state index contributed by atoms with van der Waals surface area (Å²) in [5.74, 6) is 0.301. The van der Waals surface area contributed by atoms with Gasteiger partial charge in [-0.25, -0.2) is 15.0 Å².